The summed E-state index contributed by atoms with van der Waals surface area (Å²) < 4.78 is 2.47. The molecular formula is C14H19N7O4. The zero-order valence-corrected chi connectivity index (χ0v) is 14.4. The van der Waals surface area contributed by atoms with Crippen LogP contribution in [-0.2, 0) is 17.9 Å². The second-order valence-electron chi connectivity index (χ2n) is 5.53. The Labute approximate surface area is 143 Å². The van der Waals surface area contributed by atoms with Gasteiger partial charge in [-0.1, -0.05) is 5.10 Å². The van der Waals surface area contributed by atoms with Crippen molar-refractivity contribution in [3.63, 3.8) is 0 Å². The van der Waals surface area contributed by atoms with Gasteiger partial charge in [0.05, 0.1) is 23.6 Å². The average molecular weight is 349 g/mol. The Hall–Kier alpha value is -3.24. The lowest BCUT2D eigenvalue weighted by molar-refractivity contribution is -0.392. The third-order valence-corrected chi connectivity index (χ3v) is 3.38. The molecule has 2 heterocycles. The fourth-order valence-electron chi connectivity index (χ4n) is 2.27. The average Bonchev–Trinajstić information content (AvgIpc) is 3.09. The number of nitrogens with one attached hydrogen (secondary N) is 1. The minimum Gasteiger partial charge on any atom is -0.358 e. The third kappa shape index (κ3) is 3.82. The first-order chi connectivity index (χ1) is 11.7. The summed E-state index contributed by atoms with van der Waals surface area (Å²) in [6, 6.07) is 1.28. The van der Waals surface area contributed by atoms with Crippen molar-refractivity contribution in [1.29, 1.82) is 0 Å². The van der Waals surface area contributed by atoms with Gasteiger partial charge in [-0.25, -0.2) is 0 Å². The number of nitrogens with zero attached hydrogens (tertiary/aromatic N) is 6. The Morgan fingerprint density at radius 2 is 2.04 bits per heavy atom. The van der Waals surface area contributed by atoms with Crippen molar-refractivity contribution < 1.29 is 14.5 Å². The molecule has 0 saturated heterocycles. The van der Waals surface area contributed by atoms with E-state index >= 15 is 0 Å². The van der Waals surface area contributed by atoms with Gasteiger partial charge in [0.25, 0.3) is 11.8 Å². The first-order valence-electron chi connectivity index (χ1n) is 7.50. The second kappa shape index (κ2) is 7.11. The normalized spacial score (nSPS) is 10.6. The van der Waals surface area contributed by atoms with E-state index in [1.54, 1.807) is 21.0 Å². The van der Waals surface area contributed by atoms with E-state index in [1.807, 2.05) is 6.92 Å². The van der Waals surface area contributed by atoms with Crippen LogP contribution in [0.5, 0.6) is 0 Å². The predicted molar refractivity (Wildman–Crippen MR) is 88.2 cm³/mol. The molecule has 2 aromatic rings. The van der Waals surface area contributed by atoms with Gasteiger partial charge in [0.15, 0.2) is 6.54 Å². The maximum absolute atomic E-state index is 12.3. The van der Waals surface area contributed by atoms with Gasteiger partial charge >= 0.3 is 5.82 Å². The van der Waals surface area contributed by atoms with Crippen LogP contribution < -0.4 is 5.32 Å². The van der Waals surface area contributed by atoms with Gasteiger partial charge in [0, 0.05) is 20.6 Å². The van der Waals surface area contributed by atoms with Crippen LogP contribution in [0.1, 0.15) is 23.1 Å². The summed E-state index contributed by atoms with van der Waals surface area (Å²) in [7, 11) is 3.19. The highest BCUT2D eigenvalue weighted by Crippen LogP contribution is 2.18. The van der Waals surface area contributed by atoms with Crippen molar-refractivity contribution in [2.75, 3.05) is 19.4 Å². The van der Waals surface area contributed by atoms with E-state index in [-0.39, 0.29) is 29.7 Å². The van der Waals surface area contributed by atoms with Crippen LogP contribution in [0.2, 0.25) is 0 Å². The van der Waals surface area contributed by atoms with E-state index in [9.17, 15) is 19.7 Å². The molecule has 2 aromatic heterocycles. The van der Waals surface area contributed by atoms with Crippen LogP contribution in [0, 0.1) is 17.0 Å². The first kappa shape index (κ1) is 18.1. The fraction of sp³-hybridized carbons (Fsp3) is 0.429. The molecule has 2 rings (SSSR count). The number of hydrogen-bond acceptors (Lipinski definition) is 6. The van der Waals surface area contributed by atoms with E-state index in [2.05, 4.69) is 15.5 Å². The van der Waals surface area contributed by atoms with E-state index < -0.39 is 10.8 Å². The van der Waals surface area contributed by atoms with Gasteiger partial charge in [0.1, 0.15) is 5.69 Å². The summed E-state index contributed by atoms with van der Waals surface area (Å²) in [6.07, 6.45) is 1.38. The van der Waals surface area contributed by atoms with E-state index in [0.717, 1.165) is 4.68 Å². The van der Waals surface area contributed by atoms with E-state index in [4.69, 9.17) is 0 Å². The highest BCUT2D eigenvalue weighted by molar-refractivity contribution is 6.02. The minimum absolute atomic E-state index is 0.243. The minimum atomic E-state index is -0.608. The second-order valence-corrected chi connectivity index (χ2v) is 5.53. The topological polar surface area (TPSA) is 128 Å². The van der Waals surface area contributed by atoms with Crippen molar-refractivity contribution in [3.05, 3.63) is 33.8 Å². The van der Waals surface area contributed by atoms with Crippen molar-refractivity contribution in [2.24, 2.45) is 0 Å². The third-order valence-electron chi connectivity index (χ3n) is 3.38. The molecule has 0 bridgehead atoms. The Morgan fingerprint density at radius 1 is 1.36 bits per heavy atom. The molecule has 0 spiro atoms. The molecule has 0 aromatic carbocycles. The van der Waals surface area contributed by atoms with Crippen molar-refractivity contribution in [1.82, 2.24) is 24.5 Å². The standard InChI is InChI=1S/C14H19N7O4/c1-5-19-13(14(23)18(3)4)10(7-15-19)16-11(22)8-20-12(21(24)25)6-9(2)17-20/h6-7H,5,8H2,1-4H3,(H,16,22). The number of rotatable bonds is 6. The van der Waals surface area contributed by atoms with Crippen LogP contribution in [-0.4, -0.2) is 55.3 Å². The summed E-state index contributed by atoms with van der Waals surface area (Å²) in [5.41, 5.74) is 0.922. The Bertz CT molecular complexity index is 821. The summed E-state index contributed by atoms with van der Waals surface area (Å²) in [4.78, 5) is 36.3. The zero-order chi connectivity index (χ0) is 18.7. The van der Waals surface area contributed by atoms with Crippen molar-refractivity contribution >= 4 is 23.3 Å². The van der Waals surface area contributed by atoms with Crippen LogP contribution in [0.4, 0.5) is 11.5 Å². The molecule has 11 heteroatoms. The molecule has 0 saturated carbocycles. The highest BCUT2D eigenvalue weighted by Gasteiger charge is 2.24. The van der Waals surface area contributed by atoms with Crippen molar-refractivity contribution in [2.45, 2.75) is 26.9 Å². The number of hydrogen-bond donors (Lipinski definition) is 1. The zero-order valence-electron chi connectivity index (χ0n) is 14.4. The molecule has 25 heavy (non-hydrogen) atoms. The maximum atomic E-state index is 12.3. The maximum Gasteiger partial charge on any atom is 0.345 e. The fourth-order valence-corrected chi connectivity index (χ4v) is 2.27. The van der Waals surface area contributed by atoms with Gasteiger partial charge in [0.2, 0.25) is 0 Å². The summed E-state index contributed by atoms with van der Waals surface area (Å²) >= 11 is 0. The molecule has 2 amide bonds. The van der Waals surface area contributed by atoms with Crippen LogP contribution in [0.15, 0.2) is 12.3 Å². The number of carbonyl (C=O) groups excluding carboxylic acids is 2. The largest absolute Gasteiger partial charge is 0.358 e. The van der Waals surface area contributed by atoms with Crippen molar-refractivity contribution in [3.8, 4) is 0 Å². The molecule has 0 fully saturated rings. The van der Waals surface area contributed by atoms with Gasteiger partial charge in [-0.05, 0) is 18.8 Å². The van der Waals surface area contributed by atoms with Crippen LogP contribution in [0.3, 0.4) is 0 Å². The van der Waals surface area contributed by atoms with Crippen LogP contribution >= 0.6 is 0 Å². The highest BCUT2D eigenvalue weighted by atomic mass is 16.6. The predicted octanol–water partition coefficient (Wildman–Crippen LogP) is 0.657. The monoisotopic (exact) mass is 349 g/mol. The molecule has 0 aliphatic carbocycles. The molecule has 0 unspecified atom stereocenters. The summed E-state index contributed by atoms with van der Waals surface area (Å²) in [5, 5.41) is 21.6. The number of carbonyl (C=O) groups is 2. The molecule has 1 N–H and O–H groups in total. The van der Waals surface area contributed by atoms with E-state index in [1.165, 1.54) is 21.8 Å². The summed E-state index contributed by atoms with van der Waals surface area (Å²) in [6.45, 7) is 3.52. The Kier molecular flexibility index (Phi) is 5.15. The molecule has 134 valence electrons. The van der Waals surface area contributed by atoms with Gasteiger partial charge in [-0.2, -0.15) is 5.10 Å². The molecule has 0 atom stereocenters. The number of amides is 2. The number of aryl methyl sites for hydroxylation is 2. The Morgan fingerprint density at radius 3 is 2.60 bits per heavy atom. The summed E-state index contributed by atoms with van der Waals surface area (Å²) in [5.74, 6) is -1.13. The number of aromatic nitrogens is 4. The van der Waals surface area contributed by atoms with Gasteiger partial charge in [-0.3, -0.25) is 14.3 Å². The molecular weight excluding hydrogens is 330 g/mol. The lowest BCUT2D eigenvalue weighted by atomic mass is 10.3. The van der Waals surface area contributed by atoms with Gasteiger partial charge < -0.3 is 20.3 Å². The molecule has 0 aliphatic rings. The quantitative estimate of drug-likeness (QED) is 0.602. The number of nitro groups is 1. The smallest absolute Gasteiger partial charge is 0.345 e. The number of anilines is 1. The van der Waals surface area contributed by atoms with Crippen LogP contribution in [0.25, 0.3) is 0 Å². The molecule has 0 radical (unpaired) electrons. The lowest BCUT2D eigenvalue weighted by Crippen LogP contribution is -2.27. The first-order valence-corrected chi connectivity index (χ1v) is 7.50. The SMILES string of the molecule is CCn1ncc(NC(=O)Cn2nc(C)cc2[N+](=O)[O-])c1C(=O)N(C)C. The molecule has 11 nitrogen and oxygen atoms in total. The molecule has 0 aliphatic heterocycles. The van der Waals surface area contributed by atoms with Gasteiger partial charge in [-0.15, -0.1) is 4.68 Å². The van der Waals surface area contributed by atoms with E-state index in [0.29, 0.717) is 12.2 Å². The Balaban J connectivity index is 2.23. The lowest BCUT2D eigenvalue weighted by Gasteiger charge is -2.13.